The molecule has 0 aromatic carbocycles. The van der Waals surface area contributed by atoms with Crippen molar-refractivity contribution < 1.29 is 0 Å². The van der Waals surface area contributed by atoms with Crippen LogP contribution in [-0.2, 0) is 13.1 Å². The molecule has 0 saturated heterocycles. The second-order valence-electron chi connectivity index (χ2n) is 5.37. The molecule has 2 aromatic rings. The van der Waals surface area contributed by atoms with Gasteiger partial charge in [-0.05, 0) is 46.3 Å². The van der Waals surface area contributed by atoms with Gasteiger partial charge in [-0.25, -0.2) is 0 Å². The second-order valence-corrected chi connectivity index (χ2v) is 7.23. The molecule has 5 heteroatoms. The summed E-state index contributed by atoms with van der Waals surface area (Å²) < 4.78 is 3.37. The van der Waals surface area contributed by atoms with Crippen LogP contribution in [0.1, 0.15) is 48.7 Å². The summed E-state index contributed by atoms with van der Waals surface area (Å²) in [6.07, 6.45) is 8.82. The highest BCUT2D eigenvalue weighted by Gasteiger charge is 2.15. The third kappa shape index (κ3) is 3.51. The normalized spacial score (nSPS) is 16.6. The lowest BCUT2D eigenvalue weighted by atomic mass is 9.96. The van der Waals surface area contributed by atoms with Crippen molar-refractivity contribution in [3.8, 4) is 0 Å². The monoisotopic (exact) mass is 353 g/mol. The van der Waals surface area contributed by atoms with Gasteiger partial charge in [0.25, 0.3) is 0 Å². The first-order valence-corrected chi connectivity index (χ1v) is 8.97. The Labute approximate surface area is 132 Å². The van der Waals surface area contributed by atoms with Gasteiger partial charge in [0, 0.05) is 28.6 Å². The Morgan fingerprint density at radius 1 is 1.25 bits per heavy atom. The van der Waals surface area contributed by atoms with Crippen LogP contribution in [0.15, 0.2) is 28.2 Å². The van der Waals surface area contributed by atoms with Crippen molar-refractivity contribution in [1.29, 1.82) is 0 Å². The minimum Gasteiger partial charge on any atom is -0.306 e. The predicted octanol–water partition coefficient (Wildman–Crippen LogP) is 4.50. The molecule has 108 valence electrons. The van der Waals surface area contributed by atoms with Crippen LogP contribution in [0.3, 0.4) is 0 Å². The molecule has 1 saturated carbocycles. The Bertz CT molecular complexity index is 543. The Hall–Kier alpha value is -0.650. The second kappa shape index (κ2) is 6.87. The van der Waals surface area contributed by atoms with E-state index in [1.807, 2.05) is 0 Å². The maximum Gasteiger partial charge on any atom is 0.0762 e. The van der Waals surface area contributed by atoms with Crippen molar-refractivity contribution in [3.63, 3.8) is 0 Å². The van der Waals surface area contributed by atoms with Crippen LogP contribution in [0, 0.1) is 0 Å². The highest BCUT2D eigenvalue weighted by molar-refractivity contribution is 9.10. The Kier molecular flexibility index (Phi) is 4.91. The van der Waals surface area contributed by atoms with Crippen molar-refractivity contribution in [2.75, 3.05) is 0 Å². The van der Waals surface area contributed by atoms with Crippen LogP contribution in [-0.4, -0.2) is 9.78 Å². The van der Waals surface area contributed by atoms with Gasteiger partial charge in [0.1, 0.15) is 0 Å². The maximum absolute atomic E-state index is 4.72. The summed E-state index contributed by atoms with van der Waals surface area (Å²) in [6, 6.07) is 4.87. The third-order valence-electron chi connectivity index (χ3n) is 3.90. The first-order chi connectivity index (χ1) is 9.83. The first-order valence-electron chi connectivity index (χ1n) is 7.29. The summed E-state index contributed by atoms with van der Waals surface area (Å²) in [7, 11) is 0. The quantitative estimate of drug-likeness (QED) is 0.857. The fourth-order valence-corrected chi connectivity index (χ4v) is 4.24. The van der Waals surface area contributed by atoms with E-state index in [9.17, 15) is 0 Å². The van der Waals surface area contributed by atoms with Crippen molar-refractivity contribution in [1.82, 2.24) is 15.1 Å². The summed E-state index contributed by atoms with van der Waals surface area (Å²) in [5.74, 6) is 0. The number of nitrogens with one attached hydrogen (secondary N) is 1. The molecule has 3 nitrogen and oxygen atoms in total. The number of halogens is 1. The van der Waals surface area contributed by atoms with Crippen molar-refractivity contribution in [2.45, 2.75) is 51.2 Å². The number of rotatable bonds is 5. The average Bonchev–Trinajstić information content (AvgIpc) is 3.10. The molecule has 0 atom stereocenters. The van der Waals surface area contributed by atoms with E-state index >= 15 is 0 Å². The molecule has 1 fully saturated rings. The van der Waals surface area contributed by atoms with Gasteiger partial charge in [-0.2, -0.15) is 5.10 Å². The fraction of sp³-hybridized carbons (Fsp3) is 0.533. The fourth-order valence-electron chi connectivity index (χ4n) is 2.78. The number of hydrogen-bond acceptors (Lipinski definition) is 3. The zero-order valence-electron chi connectivity index (χ0n) is 11.5. The minimum absolute atomic E-state index is 0.629. The molecule has 2 aromatic heterocycles. The zero-order chi connectivity index (χ0) is 13.8. The van der Waals surface area contributed by atoms with E-state index in [4.69, 9.17) is 5.10 Å². The van der Waals surface area contributed by atoms with Gasteiger partial charge in [-0.15, -0.1) is 11.3 Å². The van der Waals surface area contributed by atoms with E-state index in [1.54, 1.807) is 11.3 Å². The van der Waals surface area contributed by atoms with Gasteiger partial charge in [0.15, 0.2) is 0 Å². The van der Waals surface area contributed by atoms with Crippen LogP contribution < -0.4 is 5.32 Å². The topological polar surface area (TPSA) is 29.9 Å². The molecule has 0 bridgehead atoms. The first kappa shape index (κ1) is 14.3. The number of nitrogens with zero attached hydrogens (tertiary/aromatic N) is 2. The molecule has 0 radical (unpaired) electrons. The molecule has 0 amide bonds. The van der Waals surface area contributed by atoms with Crippen LogP contribution in [0.2, 0.25) is 0 Å². The molecule has 1 aliphatic carbocycles. The zero-order valence-corrected chi connectivity index (χ0v) is 13.9. The molecule has 0 unspecified atom stereocenters. The summed E-state index contributed by atoms with van der Waals surface area (Å²) in [5, 5.41) is 10.3. The number of aromatic nitrogens is 2. The Balaban J connectivity index is 1.51. The van der Waals surface area contributed by atoms with E-state index in [0.29, 0.717) is 6.04 Å². The van der Waals surface area contributed by atoms with Crippen LogP contribution >= 0.6 is 27.3 Å². The molecule has 0 aliphatic heterocycles. The van der Waals surface area contributed by atoms with Crippen molar-refractivity contribution in [3.05, 3.63) is 38.8 Å². The standard InChI is InChI=1S/C15H20BrN3S/c16-14-7-9-20-15(14)11-17-10-12-6-8-19(18-12)13-4-2-1-3-5-13/h6-9,13,17H,1-5,10-11H2. The Morgan fingerprint density at radius 2 is 2.10 bits per heavy atom. The summed E-state index contributed by atoms with van der Waals surface area (Å²) in [6.45, 7) is 1.73. The molecule has 1 N–H and O–H groups in total. The molecule has 20 heavy (non-hydrogen) atoms. The minimum atomic E-state index is 0.629. The highest BCUT2D eigenvalue weighted by atomic mass is 79.9. The molecule has 2 heterocycles. The lowest BCUT2D eigenvalue weighted by molar-refractivity contribution is 0.327. The third-order valence-corrected chi connectivity index (χ3v) is 5.82. The van der Waals surface area contributed by atoms with Gasteiger partial charge in [0.2, 0.25) is 0 Å². The van der Waals surface area contributed by atoms with Gasteiger partial charge >= 0.3 is 0 Å². The van der Waals surface area contributed by atoms with E-state index in [1.165, 1.54) is 41.5 Å². The predicted molar refractivity (Wildman–Crippen MR) is 86.9 cm³/mol. The van der Waals surface area contributed by atoms with Gasteiger partial charge in [-0.3, -0.25) is 4.68 Å². The van der Waals surface area contributed by atoms with Gasteiger partial charge in [-0.1, -0.05) is 19.3 Å². The van der Waals surface area contributed by atoms with Crippen LogP contribution in [0.25, 0.3) is 0 Å². The summed E-state index contributed by atoms with van der Waals surface area (Å²) >= 11 is 5.34. The van der Waals surface area contributed by atoms with E-state index < -0.39 is 0 Å². The van der Waals surface area contributed by atoms with E-state index in [2.05, 4.69) is 49.6 Å². The Morgan fingerprint density at radius 3 is 2.85 bits per heavy atom. The average molecular weight is 354 g/mol. The molecule has 0 spiro atoms. The largest absolute Gasteiger partial charge is 0.306 e. The number of thiophene rings is 1. The van der Waals surface area contributed by atoms with Gasteiger partial charge in [0.05, 0.1) is 11.7 Å². The summed E-state index contributed by atoms with van der Waals surface area (Å²) in [4.78, 5) is 1.34. The lowest BCUT2D eigenvalue weighted by Gasteiger charge is -2.21. The van der Waals surface area contributed by atoms with Crippen LogP contribution in [0.4, 0.5) is 0 Å². The van der Waals surface area contributed by atoms with E-state index in [-0.39, 0.29) is 0 Å². The molecular weight excluding hydrogens is 334 g/mol. The SMILES string of the molecule is Brc1ccsc1CNCc1ccn(C2CCCCC2)n1. The summed E-state index contributed by atoms with van der Waals surface area (Å²) in [5.41, 5.74) is 1.14. The molecule has 3 rings (SSSR count). The number of hydrogen-bond donors (Lipinski definition) is 1. The van der Waals surface area contributed by atoms with Gasteiger partial charge < -0.3 is 5.32 Å². The van der Waals surface area contributed by atoms with Crippen molar-refractivity contribution in [2.24, 2.45) is 0 Å². The van der Waals surface area contributed by atoms with Crippen LogP contribution in [0.5, 0.6) is 0 Å². The smallest absolute Gasteiger partial charge is 0.0762 e. The van der Waals surface area contributed by atoms with E-state index in [0.717, 1.165) is 18.8 Å². The molecule has 1 aliphatic rings. The molecular formula is C15H20BrN3S. The lowest BCUT2D eigenvalue weighted by Crippen LogP contribution is -2.15. The van der Waals surface area contributed by atoms with Crippen molar-refractivity contribution >= 4 is 27.3 Å². The maximum atomic E-state index is 4.72. The highest BCUT2D eigenvalue weighted by Crippen LogP contribution is 2.27.